The Morgan fingerprint density at radius 1 is 1.50 bits per heavy atom. The third-order valence-electron chi connectivity index (χ3n) is 1.92. The van der Waals surface area contributed by atoms with E-state index in [0.717, 1.165) is 18.7 Å². The molecule has 0 amide bonds. The Morgan fingerprint density at radius 3 is 3.00 bits per heavy atom. The minimum atomic E-state index is 0.424. The number of nitrogens with zero attached hydrogens (tertiary/aromatic N) is 2. The first kappa shape index (κ1) is 12.2. The lowest BCUT2D eigenvalue weighted by atomic mass is 10.3. The Bertz CT molecular complexity index is 354. The van der Waals surface area contributed by atoms with Crippen molar-refractivity contribution in [3.05, 3.63) is 36.7 Å². The summed E-state index contributed by atoms with van der Waals surface area (Å²) in [5.41, 5.74) is 1.32. The molecular weight excluding hydrogens is 202 g/mol. The van der Waals surface area contributed by atoms with Crippen molar-refractivity contribution < 1.29 is 4.74 Å². The minimum absolute atomic E-state index is 0.424. The molecule has 0 radical (unpaired) electrons. The second-order valence-corrected chi connectivity index (χ2v) is 3.16. The van der Waals surface area contributed by atoms with Gasteiger partial charge in [-0.05, 0) is 18.6 Å². The maximum Gasteiger partial charge on any atom is 0.140 e. The molecule has 4 nitrogen and oxygen atoms in total. The van der Waals surface area contributed by atoms with Crippen molar-refractivity contribution in [1.29, 1.82) is 5.26 Å². The van der Waals surface area contributed by atoms with Gasteiger partial charge in [-0.3, -0.25) is 0 Å². The van der Waals surface area contributed by atoms with Crippen molar-refractivity contribution in [2.75, 3.05) is 25.1 Å². The monoisotopic (exact) mass is 217 g/mol. The Morgan fingerprint density at radius 2 is 2.38 bits per heavy atom. The highest BCUT2D eigenvalue weighted by Crippen LogP contribution is 2.04. The molecule has 16 heavy (non-hydrogen) atoms. The van der Waals surface area contributed by atoms with Crippen LogP contribution in [0, 0.1) is 11.3 Å². The normalized spacial score (nSPS) is 9.44. The fourth-order valence-electron chi connectivity index (χ4n) is 1.10. The zero-order chi connectivity index (χ0) is 11.6. The van der Waals surface area contributed by atoms with Gasteiger partial charge in [0.1, 0.15) is 11.8 Å². The summed E-state index contributed by atoms with van der Waals surface area (Å²) < 4.78 is 5.33. The van der Waals surface area contributed by atoms with Crippen LogP contribution in [-0.4, -0.2) is 24.7 Å². The topological polar surface area (TPSA) is 57.9 Å². The van der Waals surface area contributed by atoms with Gasteiger partial charge in [0.25, 0.3) is 0 Å². The van der Waals surface area contributed by atoms with Gasteiger partial charge in [-0.1, -0.05) is 6.08 Å². The summed E-state index contributed by atoms with van der Waals surface area (Å²) in [7, 11) is 0. The molecule has 0 unspecified atom stereocenters. The number of hydrogen-bond donors (Lipinski definition) is 1. The van der Waals surface area contributed by atoms with Crippen molar-refractivity contribution in [2.24, 2.45) is 0 Å². The molecule has 0 aliphatic heterocycles. The second-order valence-electron chi connectivity index (χ2n) is 3.16. The van der Waals surface area contributed by atoms with E-state index in [1.165, 1.54) is 0 Å². The Labute approximate surface area is 95.6 Å². The summed E-state index contributed by atoms with van der Waals surface area (Å²) in [6.45, 7) is 5.69. The summed E-state index contributed by atoms with van der Waals surface area (Å²) in [5, 5.41) is 11.7. The van der Waals surface area contributed by atoms with Gasteiger partial charge in [-0.25, -0.2) is 4.98 Å². The fraction of sp³-hybridized carbons (Fsp3) is 0.333. The first-order valence-corrected chi connectivity index (χ1v) is 5.15. The van der Waals surface area contributed by atoms with E-state index in [1.54, 1.807) is 12.3 Å². The molecule has 0 atom stereocenters. The van der Waals surface area contributed by atoms with Gasteiger partial charge in [-0.2, -0.15) is 5.26 Å². The van der Waals surface area contributed by atoms with Gasteiger partial charge in [0, 0.05) is 6.54 Å². The van der Waals surface area contributed by atoms with Gasteiger partial charge in [-0.15, -0.1) is 6.58 Å². The zero-order valence-corrected chi connectivity index (χ0v) is 9.15. The van der Waals surface area contributed by atoms with Gasteiger partial charge in [0.15, 0.2) is 0 Å². The van der Waals surface area contributed by atoms with Gasteiger partial charge in [0.05, 0.1) is 25.1 Å². The molecule has 0 saturated carbocycles. The van der Waals surface area contributed by atoms with Crippen molar-refractivity contribution in [1.82, 2.24) is 4.98 Å². The van der Waals surface area contributed by atoms with Gasteiger partial charge >= 0.3 is 0 Å². The third-order valence-corrected chi connectivity index (χ3v) is 1.92. The first-order valence-electron chi connectivity index (χ1n) is 5.15. The van der Waals surface area contributed by atoms with Crippen molar-refractivity contribution in [2.45, 2.75) is 6.42 Å². The predicted molar refractivity (Wildman–Crippen MR) is 63.1 cm³/mol. The molecule has 0 aliphatic carbocycles. The minimum Gasteiger partial charge on any atom is -0.381 e. The molecule has 1 rings (SSSR count). The predicted octanol–water partition coefficient (Wildman–Crippen LogP) is 1.96. The van der Waals surface area contributed by atoms with Crippen LogP contribution in [0.3, 0.4) is 0 Å². The lowest BCUT2D eigenvalue weighted by Crippen LogP contribution is -2.09. The van der Waals surface area contributed by atoms with E-state index in [1.807, 2.05) is 18.2 Å². The Kier molecular flexibility index (Phi) is 5.67. The average molecular weight is 217 g/mol. The Balaban J connectivity index is 2.17. The molecule has 0 aliphatic rings. The van der Waals surface area contributed by atoms with Crippen LogP contribution >= 0.6 is 0 Å². The van der Waals surface area contributed by atoms with E-state index in [2.05, 4.69) is 16.9 Å². The SMILES string of the molecule is C=CCCOCCNc1ccc(C#N)nc1. The third kappa shape index (κ3) is 4.58. The summed E-state index contributed by atoms with van der Waals surface area (Å²) in [5.74, 6) is 0. The number of aromatic nitrogens is 1. The molecule has 4 heteroatoms. The van der Waals surface area contributed by atoms with Crippen LogP contribution in [-0.2, 0) is 4.74 Å². The van der Waals surface area contributed by atoms with Crippen LogP contribution in [0.5, 0.6) is 0 Å². The van der Waals surface area contributed by atoms with E-state index in [-0.39, 0.29) is 0 Å². The number of nitrogens with one attached hydrogen (secondary N) is 1. The fourth-order valence-corrected chi connectivity index (χ4v) is 1.10. The van der Waals surface area contributed by atoms with Crippen LogP contribution in [0.25, 0.3) is 0 Å². The zero-order valence-electron chi connectivity index (χ0n) is 9.15. The highest BCUT2D eigenvalue weighted by Gasteiger charge is 1.93. The quantitative estimate of drug-likeness (QED) is 0.560. The van der Waals surface area contributed by atoms with Crippen molar-refractivity contribution in [3.63, 3.8) is 0 Å². The molecule has 0 aromatic carbocycles. The van der Waals surface area contributed by atoms with Crippen molar-refractivity contribution >= 4 is 5.69 Å². The molecular formula is C12H15N3O. The maximum absolute atomic E-state index is 8.56. The standard InChI is InChI=1S/C12H15N3O/c1-2-3-7-16-8-6-14-12-5-4-11(9-13)15-10-12/h2,4-5,10,14H,1,3,6-8H2. The molecule has 0 bridgehead atoms. The number of nitriles is 1. The smallest absolute Gasteiger partial charge is 0.140 e. The molecule has 1 aromatic rings. The summed E-state index contributed by atoms with van der Waals surface area (Å²) in [4.78, 5) is 3.95. The summed E-state index contributed by atoms with van der Waals surface area (Å²) in [6.07, 6.45) is 4.35. The highest BCUT2D eigenvalue weighted by atomic mass is 16.5. The van der Waals surface area contributed by atoms with E-state index in [9.17, 15) is 0 Å². The van der Waals surface area contributed by atoms with E-state index < -0.39 is 0 Å². The summed E-state index contributed by atoms with van der Waals surface area (Å²) in [6, 6.07) is 5.48. The number of ether oxygens (including phenoxy) is 1. The van der Waals surface area contributed by atoms with Crippen LogP contribution < -0.4 is 5.32 Å². The average Bonchev–Trinajstić information content (AvgIpc) is 2.34. The highest BCUT2D eigenvalue weighted by molar-refractivity contribution is 5.42. The molecule has 1 heterocycles. The number of hydrogen-bond acceptors (Lipinski definition) is 4. The van der Waals surface area contributed by atoms with Crippen LogP contribution in [0.1, 0.15) is 12.1 Å². The number of rotatable bonds is 7. The van der Waals surface area contributed by atoms with E-state index in [4.69, 9.17) is 10.00 Å². The molecule has 1 aromatic heterocycles. The van der Waals surface area contributed by atoms with Crippen LogP contribution in [0.4, 0.5) is 5.69 Å². The molecule has 84 valence electrons. The Hall–Kier alpha value is -1.86. The molecule has 0 fully saturated rings. The van der Waals surface area contributed by atoms with Crippen LogP contribution in [0.15, 0.2) is 31.0 Å². The largest absolute Gasteiger partial charge is 0.381 e. The molecule has 1 N–H and O–H groups in total. The molecule has 0 spiro atoms. The van der Waals surface area contributed by atoms with Crippen molar-refractivity contribution in [3.8, 4) is 6.07 Å². The summed E-state index contributed by atoms with van der Waals surface area (Å²) >= 11 is 0. The lowest BCUT2D eigenvalue weighted by Gasteiger charge is -2.06. The molecule has 0 saturated heterocycles. The van der Waals surface area contributed by atoms with Gasteiger partial charge < -0.3 is 10.1 Å². The second kappa shape index (κ2) is 7.43. The maximum atomic E-state index is 8.56. The van der Waals surface area contributed by atoms with Crippen LogP contribution in [0.2, 0.25) is 0 Å². The number of pyridine rings is 1. The lowest BCUT2D eigenvalue weighted by molar-refractivity contribution is 0.149. The van der Waals surface area contributed by atoms with Gasteiger partial charge in [0.2, 0.25) is 0 Å². The first-order chi connectivity index (χ1) is 7.86. The van der Waals surface area contributed by atoms with E-state index in [0.29, 0.717) is 18.9 Å². The number of anilines is 1. The van der Waals surface area contributed by atoms with E-state index >= 15 is 0 Å².